The van der Waals surface area contributed by atoms with E-state index in [2.05, 4.69) is 20.8 Å². The SMILES string of the molecule is Cc1cccc(NC(=O)c2cccc(OCc3nnnn3C(C)C)c2)c1. The van der Waals surface area contributed by atoms with Crippen molar-refractivity contribution in [3.05, 3.63) is 65.5 Å². The van der Waals surface area contributed by atoms with Crippen LogP contribution in [-0.2, 0) is 6.61 Å². The first-order valence-corrected chi connectivity index (χ1v) is 8.40. The van der Waals surface area contributed by atoms with E-state index in [-0.39, 0.29) is 18.6 Å². The Hall–Kier alpha value is -3.22. The highest BCUT2D eigenvalue weighted by molar-refractivity contribution is 6.04. The van der Waals surface area contributed by atoms with Gasteiger partial charge in [0.25, 0.3) is 5.91 Å². The highest BCUT2D eigenvalue weighted by atomic mass is 16.5. The van der Waals surface area contributed by atoms with Gasteiger partial charge in [-0.05, 0) is 67.1 Å². The van der Waals surface area contributed by atoms with Gasteiger partial charge in [-0.25, -0.2) is 4.68 Å². The normalized spacial score (nSPS) is 10.8. The van der Waals surface area contributed by atoms with Crippen LogP contribution < -0.4 is 10.1 Å². The van der Waals surface area contributed by atoms with Crippen LogP contribution in [-0.4, -0.2) is 26.1 Å². The molecule has 1 N–H and O–H groups in total. The first kappa shape index (κ1) is 17.6. The maximum atomic E-state index is 12.5. The molecule has 0 unspecified atom stereocenters. The van der Waals surface area contributed by atoms with E-state index in [0.717, 1.165) is 11.3 Å². The number of carbonyl (C=O) groups excluding carboxylic acids is 1. The fraction of sp³-hybridized carbons (Fsp3) is 0.263. The van der Waals surface area contributed by atoms with Crippen molar-refractivity contribution in [2.75, 3.05) is 5.32 Å². The average Bonchev–Trinajstić information content (AvgIpc) is 3.09. The van der Waals surface area contributed by atoms with E-state index in [9.17, 15) is 4.79 Å². The van der Waals surface area contributed by atoms with Gasteiger partial charge in [-0.3, -0.25) is 4.79 Å². The van der Waals surface area contributed by atoms with Gasteiger partial charge in [0.1, 0.15) is 12.4 Å². The van der Waals surface area contributed by atoms with Gasteiger partial charge in [0, 0.05) is 11.3 Å². The molecule has 7 heteroatoms. The van der Waals surface area contributed by atoms with Gasteiger partial charge < -0.3 is 10.1 Å². The molecule has 7 nitrogen and oxygen atoms in total. The minimum absolute atomic E-state index is 0.148. The van der Waals surface area contributed by atoms with Crippen LogP contribution >= 0.6 is 0 Å². The number of hydrogen-bond donors (Lipinski definition) is 1. The fourth-order valence-electron chi connectivity index (χ4n) is 2.51. The van der Waals surface area contributed by atoms with Crippen molar-refractivity contribution < 1.29 is 9.53 Å². The quantitative estimate of drug-likeness (QED) is 0.736. The van der Waals surface area contributed by atoms with Gasteiger partial charge in [-0.2, -0.15) is 0 Å². The van der Waals surface area contributed by atoms with E-state index in [1.54, 1.807) is 28.9 Å². The number of aromatic nitrogens is 4. The summed E-state index contributed by atoms with van der Waals surface area (Å²) in [4.78, 5) is 12.5. The molecule has 1 heterocycles. The molecule has 0 radical (unpaired) electrons. The monoisotopic (exact) mass is 351 g/mol. The lowest BCUT2D eigenvalue weighted by Gasteiger charge is -2.10. The molecule has 0 fully saturated rings. The number of benzene rings is 2. The third-order valence-corrected chi connectivity index (χ3v) is 3.79. The summed E-state index contributed by atoms with van der Waals surface area (Å²) >= 11 is 0. The van der Waals surface area contributed by atoms with Crippen LogP contribution in [0.5, 0.6) is 5.75 Å². The minimum Gasteiger partial charge on any atom is -0.486 e. The second kappa shape index (κ2) is 7.77. The molecular formula is C19H21N5O2. The zero-order valence-corrected chi connectivity index (χ0v) is 15.0. The van der Waals surface area contributed by atoms with Crippen LogP contribution in [0.25, 0.3) is 0 Å². The molecule has 0 aliphatic heterocycles. The predicted molar refractivity (Wildman–Crippen MR) is 98.1 cm³/mol. The van der Waals surface area contributed by atoms with Crippen LogP contribution in [0, 0.1) is 6.92 Å². The number of carbonyl (C=O) groups is 1. The molecule has 0 atom stereocenters. The molecule has 26 heavy (non-hydrogen) atoms. The molecule has 3 rings (SSSR count). The second-order valence-electron chi connectivity index (χ2n) is 6.27. The van der Waals surface area contributed by atoms with Gasteiger partial charge in [-0.1, -0.05) is 18.2 Å². The van der Waals surface area contributed by atoms with E-state index in [1.807, 2.05) is 45.0 Å². The molecule has 0 spiro atoms. The number of ether oxygens (including phenoxy) is 1. The number of hydrogen-bond acceptors (Lipinski definition) is 5. The summed E-state index contributed by atoms with van der Waals surface area (Å²) in [5.41, 5.74) is 2.37. The zero-order valence-electron chi connectivity index (χ0n) is 15.0. The molecule has 0 saturated heterocycles. The Morgan fingerprint density at radius 2 is 2.00 bits per heavy atom. The minimum atomic E-state index is -0.187. The van der Waals surface area contributed by atoms with Crippen LogP contribution in [0.2, 0.25) is 0 Å². The Labute approximate surface area is 152 Å². The maximum Gasteiger partial charge on any atom is 0.255 e. The van der Waals surface area contributed by atoms with Crippen LogP contribution in [0.4, 0.5) is 5.69 Å². The predicted octanol–water partition coefficient (Wildman–Crippen LogP) is 3.39. The lowest BCUT2D eigenvalue weighted by atomic mass is 10.2. The van der Waals surface area contributed by atoms with Gasteiger partial charge in [-0.15, -0.1) is 5.10 Å². The number of rotatable bonds is 6. The first-order valence-electron chi connectivity index (χ1n) is 8.40. The van der Waals surface area contributed by atoms with Gasteiger partial charge in [0.2, 0.25) is 0 Å². The molecule has 1 amide bonds. The largest absolute Gasteiger partial charge is 0.486 e. The van der Waals surface area contributed by atoms with Crippen molar-refractivity contribution in [1.82, 2.24) is 20.2 Å². The summed E-state index contributed by atoms with van der Waals surface area (Å²) in [6.07, 6.45) is 0. The van der Waals surface area contributed by atoms with Gasteiger partial charge in [0.15, 0.2) is 5.82 Å². The molecule has 134 valence electrons. The summed E-state index contributed by atoms with van der Waals surface area (Å²) in [6, 6.07) is 14.8. The molecule has 0 aliphatic carbocycles. The van der Waals surface area contributed by atoms with Gasteiger partial charge >= 0.3 is 0 Å². The topological polar surface area (TPSA) is 81.9 Å². The zero-order chi connectivity index (χ0) is 18.5. The molecule has 2 aromatic carbocycles. The van der Waals surface area contributed by atoms with Crippen molar-refractivity contribution in [2.45, 2.75) is 33.4 Å². The van der Waals surface area contributed by atoms with Crippen molar-refractivity contribution >= 4 is 11.6 Å². The Morgan fingerprint density at radius 3 is 2.77 bits per heavy atom. The highest BCUT2D eigenvalue weighted by Crippen LogP contribution is 2.17. The lowest BCUT2D eigenvalue weighted by molar-refractivity contribution is 0.102. The van der Waals surface area contributed by atoms with E-state index in [1.165, 1.54) is 0 Å². The molecule has 0 aliphatic rings. The van der Waals surface area contributed by atoms with Crippen LogP contribution in [0.3, 0.4) is 0 Å². The van der Waals surface area contributed by atoms with Crippen LogP contribution in [0.15, 0.2) is 48.5 Å². The van der Waals surface area contributed by atoms with Crippen LogP contribution in [0.1, 0.15) is 41.6 Å². The Morgan fingerprint density at radius 1 is 1.19 bits per heavy atom. The third-order valence-electron chi connectivity index (χ3n) is 3.79. The van der Waals surface area contributed by atoms with E-state index < -0.39 is 0 Å². The molecule has 0 saturated carbocycles. The number of anilines is 1. The molecule has 1 aromatic heterocycles. The standard InChI is InChI=1S/C19H21N5O2/c1-13(2)24-18(21-22-23-24)12-26-17-9-5-7-15(11-17)19(25)20-16-8-4-6-14(3)10-16/h4-11,13H,12H2,1-3H3,(H,20,25). The Balaban J connectivity index is 1.67. The smallest absolute Gasteiger partial charge is 0.255 e. The fourth-order valence-corrected chi connectivity index (χ4v) is 2.51. The second-order valence-corrected chi connectivity index (χ2v) is 6.27. The molecule has 0 bridgehead atoms. The average molecular weight is 351 g/mol. The first-order chi connectivity index (χ1) is 12.5. The molecular weight excluding hydrogens is 330 g/mol. The van der Waals surface area contributed by atoms with E-state index in [4.69, 9.17) is 4.74 Å². The lowest BCUT2D eigenvalue weighted by Crippen LogP contribution is -2.13. The number of aryl methyl sites for hydroxylation is 1. The van der Waals surface area contributed by atoms with Crippen molar-refractivity contribution in [1.29, 1.82) is 0 Å². The van der Waals surface area contributed by atoms with Gasteiger partial charge in [0.05, 0.1) is 6.04 Å². The summed E-state index contributed by atoms with van der Waals surface area (Å²) in [7, 11) is 0. The number of amides is 1. The summed E-state index contributed by atoms with van der Waals surface area (Å²) in [5, 5.41) is 14.5. The number of tetrazole rings is 1. The van der Waals surface area contributed by atoms with Crippen molar-refractivity contribution in [3.63, 3.8) is 0 Å². The van der Waals surface area contributed by atoms with Crippen molar-refractivity contribution in [3.8, 4) is 5.75 Å². The maximum absolute atomic E-state index is 12.5. The highest BCUT2D eigenvalue weighted by Gasteiger charge is 2.11. The Kier molecular flexibility index (Phi) is 5.26. The van der Waals surface area contributed by atoms with E-state index in [0.29, 0.717) is 17.1 Å². The van der Waals surface area contributed by atoms with E-state index >= 15 is 0 Å². The summed E-state index contributed by atoms with van der Waals surface area (Å²) < 4.78 is 7.46. The third kappa shape index (κ3) is 4.24. The number of nitrogens with one attached hydrogen (secondary N) is 1. The summed E-state index contributed by atoms with van der Waals surface area (Å²) in [5.74, 6) is 1.03. The summed E-state index contributed by atoms with van der Waals surface area (Å²) in [6.45, 7) is 6.20. The number of nitrogens with zero attached hydrogens (tertiary/aromatic N) is 4. The molecule has 3 aromatic rings. The Bertz CT molecular complexity index is 904. The van der Waals surface area contributed by atoms with Crippen molar-refractivity contribution in [2.24, 2.45) is 0 Å².